The molecular formula is C15H20N2O2. The van der Waals surface area contributed by atoms with Crippen LogP contribution >= 0.6 is 0 Å². The first kappa shape index (κ1) is 13.6. The van der Waals surface area contributed by atoms with Crippen molar-refractivity contribution in [2.24, 2.45) is 7.05 Å². The molecule has 1 aromatic heterocycles. The van der Waals surface area contributed by atoms with Crippen LogP contribution in [0.15, 0.2) is 30.5 Å². The predicted molar refractivity (Wildman–Crippen MR) is 75.4 cm³/mol. The molecule has 2 aromatic rings. The van der Waals surface area contributed by atoms with E-state index in [0.717, 1.165) is 17.9 Å². The van der Waals surface area contributed by atoms with Gasteiger partial charge in [0.05, 0.1) is 12.3 Å². The summed E-state index contributed by atoms with van der Waals surface area (Å²) in [6.45, 7) is 3.29. The van der Waals surface area contributed by atoms with Crippen LogP contribution in [0.2, 0.25) is 0 Å². The molecule has 0 atom stereocenters. The lowest BCUT2D eigenvalue weighted by atomic mass is 10.1. The third-order valence-corrected chi connectivity index (χ3v) is 2.96. The van der Waals surface area contributed by atoms with Crippen LogP contribution in [0.5, 0.6) is 5.75 Å². The van der Waals surface area contributed by atoms with Crippen molar-refractivity contribution in [2.75, 3.05) is 20.3 Å². The summed E-state index contributed by atoms with van der Waals surface area (Å²) in [7, 11) is 3.62. The lowest BCUT2D eigenvalue weighted by Crippen LogP contribution is -2.03. The molecule has 0 amide bonds. The first-order valence-corrected chi connectivity index (χ1v) is 6.49. The average molecular weight is 260 g/mol. The van der Waals surface area contributed by atoms with Crippen molar-refractivity contribution < 1.29 is 9.47 Å². The third kappa shape index (κ3) is 3.35. The Hall–Kier alpha value is -1.81. The highest BCUT2D eigenvalue weighted by Crippen LogP contribution is 2.25. The van der Waals surface area contributed by atoms with Gasteiger partial charge in [-0.3, -0.25) is 4.68 Å². The van der Waals surface area contributed by atoms with Crippen molar-refractivity contribution >= 4 is 0 Å². The van der Waals surface area contributed by atoms with Crippen LogP contribution in [0, 0.1) is 0 Å². The Bertz CT molecular complexity index is 517. The normalized spacial score (nSPS) is 10.7. The Balaban J connectivity index is 2.13. The maximum absolute atomic E-state index is 5.55. The molecule has 2 rings (SSSR count). The molecule has 0 radical (unpaired) electrons. The molecule has 0 N–H and O–H groups in total. The van der Waals surface area contributed by atoms with E-state index in [-0.39, 0.29) is 0 Å². The monoisotopic (exact) mass is 260 g/mol. The second-order valence-corrected chi connectivity index (χ2v) is 4.38. The highest BCUT2D eigenvalue weighted by Gasteiger charge is 2.08. The molecule has 0 aliphatic carbocycles. The number of hydrogen-bond acceptors (Lipinski definition) is 3. The molecule has 0 saturated carbocycles. The minimum Gasteiger partial charge on any atom is -0.491 e. The van der Waals surface area contributed by atoms with Gasteiger partial charge in [-0.2, -0.15) is 5.10 Å². The summed E-state index contributed by atoms with van der Waals surface area (Å²) < 4.78 is 12.4. The van der Waals surface area contributed by atoms with E-state index >= 15 is 0 Å². The van der Waals surface area contributed by atoms with Gasteiger partial charge < -0.3 is 9.47 Å². The maximum Gasteiger partial charge on any atom is 0.119 e. The quantitative estimate of drug-likeness (QED) is 0.749. The van der Waals surface area contributed by atoms with Crippen LogP contribution < -0.4 is 4.74 Å². The molecule has 0 aliphatic rings. The minimum atomic E-state index is 0.572. The SMILES string of the molecule is CCc1nn(C)cc1-c1ccc(OCCOC)cc1. The first-order valence-electron chi connectivity index (χ1n) is 6.49. The van der Waals surface area contributed by atoms with E-state index in [4.69, 9.17) is 9.47 Å². The van der Waals surface area contributed by atoms with E-state index in [1.807, 2.05) is 23.9 Å². The second kappa shape index (κ2) is 6.38. The summed E-state index contributed by atoms with van der Waals surface area (Å²) in [6, 6.07) is 8.10. The summed E-state index contributed by atoms with van der Waals surface area (Å²) >= 11 is 0. The number of nitrogens with zero attached hydrogens (tertiary/aromatic N) is 2. The molecule has 0 aliphatic heterocycles. The molecule has 0 spiro atoms. The van der Waals surface area contributed by atoms with Gasteiger partial charge in [-0.25, -0.2) is 0 Å². The Morgan fingerprint density at radius 3 is 2.53 bits per heavy atom. The van der Waals surface area contributed by atoms with Crippen molar-refractivity contribution in [1.82, 2.24) is 9.78 Å². The minimum absolute atomic E-state index is 0.572. The van der Waals surface area contributed by atoms with E-state index in [9.17, 15) is 0 Å². The molecule has 1 aromatic carbocycles. The molecule has 0 saturated heterocycles. The fourth-order valence-corrected chi connectivity index (χ4v) is 2.01. The molecule has 0 bridgehead atoms. The van der Waals surface area contributed by atoms with Gasteiger partial charge in [0.1, 0.15) is 12.4 Å². The standard InChI is InChI=1S/C15H20N2O2/c1-4-15-14(11-17(2)16-15)12-5-7-13(8-6-12)19-10-9-18-3/h5-8,11H,4,9-10H2,1-3H3. The Morgan fingerprint density at radius 1 is 1.16 bits per heavy atom. The maximum atomic E-state index is 5.55. The largest absolute Gasteiger partial charge is 0.491 e. The summed E-state index contributed by atoms with van der Waals surface area (Å²) in [5, 5.41) is 4.46. The molecule has 4 nitrogen and oxygen atoms in total. The van der Waals surface area contributed by atoms with Gasteiger partial charge in [0.25, 0.3) is 0 Å². The lowest BCUT2D eigenvalue weighted by molar-refractivity contribution is 0.146. The molecular weight excluding hydrogens is 240 g/mol. The molecule has 19 heavy (non-hydrogen) atoms. The molecule has 1 heterocycles. The van der Waals surface area contributed by atoms with Crippen molar-refractivity contribution in [3.63, 3.8) is 0 Å². The Kier molecular flexibility index (Phi) is 4.58. The van der Waals surface area contributed by atoms with Gasteiger partial charge in [0.2, 0.25) is 0 Å². The van der Waals surface area contributed by atoms with Crippen molar-refractivity contribution in [2.45, 2.75) is 13.3 Å². The highest BCUT2D eigenvalue weighted by molar-refractivity contribution is 5.66. The van der Waals surface area contributed by atoms with E-state index in [0.29, 0.717) is 13.2 Å². The summed E-state index contributed by atoms with van der Waals surface area (Å²) in [6.07, 6.45) is 2.99. The summed E-state index contributed by atoms with van der Waals surface area (Å²) in [5.74, 6) is 0.864. The number of methoxy groups -OCH3 is 1. The second-order valence-electron chi connectivity index (χ2n) is 4.38. The lowest BCUT2D eigenvalue weighted by Gasteiger charge is -2.06. The van der Waals surface area contributed by atoms with E-state index in [1.165, 1.54) is 11.1 Å². The van der Waals surface area contributed by atoms with Gasteiger partial charge in [0, 0.05) is 25.9 Å². The van der Waals surface area contributed by atoms with Crippen LogP contribution in [0.25, 0.3) is 11.1 Å². The molecule has 0 unspecified atom stereocenters. The van der Waals surface area contributed by atoms with Crippen LogP contribution in [-0.4, -0.2) is 30.1 Å². The van der Waals surface area contributed by atoms with Crippen molar-refractivity contribution in [3.8, 4) is 16.9 Å². The number of benzene rings is 1. The number of rotatable bonds is 6. The zero-order valence-electron chi connectivity index (χ0n) is 11.7. The number of ether oxygens (including phenoxy) is 2. The van der Waals surface area contributed by atoms with Crippen molar-refractivity contribution in [3.05, 3.63) is 36.2 Å². The Morgan fingerprint density at radius 2 is 1.89 bits per heavy atom. The average Bonchev–Trinajstić information content (AvgIpc) is 2.81. The smallest absolute Gasteiger partial charge is 0.119 e. The fraction of sp³-hybridized carbons (Fsp3) is 0.400. The van der Waals surface area contributed by atoms with Gasteiger partial charge >= 0.3 is 0 Å². The van der Waals surface area contributed by atoms with E-state index < -0.39 is 0 Å². The zero-order chi connectivity index (χ0) is 13.7. The van der Waals surface area contributed by atoms with Gasteiger partial charge in [-0.05, 0) is 24.1 Å². The third-order valence-electron chi connectivity index (χ3n) is 2.96. The highest BCUT2D eigenvalue weighted by atomic mass is 16.5. The van der Waals surface area contributed by atoms with E-state index in [2.05, 4.69) is 30.4 Å². The van der Waals surface area contributed by atoms with Crippen LogP contribution in [-0.2, 0) is 18.2 Å². The topological polar surface area (TPSA) is 36.3 Å². The predicted octanol–water partition coefficient (Wildman–Crippen LogP) is 2.67. The number of aromatic nitrogens is 2. The summed E-state index contributed by atoms with van der Waals surface area (Å²) in [4.78, 5) is 0. The first-order chi connectivity index (χ1) is 9.24. The van der Waals surface area contributed by atoms with Gasteiger partial charge in [0.15, 0.2) is 0 Å². The van der Waals surface area contributed by atoms with Gasteiger partial charge in [-0.1, -0.05) is 19.1 Å². The Labute approximate surface area is 114 Å². The number of hydrogen-bond donors (Lipinski definition) is 0. The fourth-order valence-electron chi connectivity index (χ4n) is 2.01. The summed E-state index contributed by atoms with van der Waals surface area (Å²) in [5.41, 5.74) is 3.48. The van der Waals surface area contributed by atoms with Crippen LogP contribution in [0.3, 0.4) is 0 Å². The van der Waals surface area contributed by atoms with Crippen molar-refractivity contribution in [1.29, 1.82) is 0 Å². The zero-order valence-corrected chi connectivity index (χ0v) is 11.7. The van der Waals surface area contributed by atoms with E-state index in [1.54, 1.807) is 7.11 Å². The molecule has 4 heteroatoms. The van der Waals surface area contributed by atoms with Gasteiger partial charge in [-0.15, -0.1) is 0 Å². The number of aryl methyl sites for hydroxylation is 2. The van der Waals surface area contributed by atoms with Crippen LogP contribution in [0.4, 0.5) is 0 Å². The molecule has 102 valence electrons. The molecule has 0 fully saturated rings. The van der Waals surface area contributed by atoms with Crippen LogP contribution in [0.1, 0.15) is 12.6 Å².